The van der Waals surface area contributed by atoms with Crippen molar-refractivity contribution < 1.29 is 9.53 Å². The molecule has 1 aliphatic heterocycles. The number of ether oxygens (including phenoxy) is 1. The molecule has 0 aromatic heterocycles. The molecule has 0 aromatic rings. The smallest absolute Gasteiger partial charge is 0.407 e. The van der Waals surface area contributed by atoms with E-state index >= 15 is 0 Å². The Kier molecular flexibility index (Phi) is 4.69. The lowest BCUT2D eigenvalue weighted by atomic mass is 9.89. The summed E-state index contributed by atoms with van der Waals surface area (Å²) in [6, 6.07) is 0. The van der Waals surface area contributed by atoms with Gasteiger partial charge in [-0.25, -0.2) is 4.79 Å². The summed E-state index contributed by atoms with van der Waals surface area (Å²) in [5, 5.41) is 2.83. The second-order valence-corrected chi connectivity index (χ2v) is 5.61. The van der Waals surface area contributed by atoms with Crippen molar-refractivity contribution in [2.45, 2.75) is 76.2 Å². The predicted octanol–water partition coefficient (Wildman–Crippen LogP) is 3.77. The summed E-state index contributed by atoms with van der Waals surface area (Å²) in [7, 11) is 0. The monoisotopic (exact) mass is 239 g/mol. The van der Waals surface area contributed by atoms with Crippen LogP contribution < -0.4 is 5.32 Å². The van der Waals surface area contributed by atoms with E-state index in [4.69, 9.17) is 4.74 Å². The summed E-state index contributed by atoms with van der Waals surface area (Å²) in [5.74, 6) is 0. The molecule has 3 heteroatoms. The number of rotatable bonds is 0. The summed E-state index contributed by atoms with van der Waals surface area (Å²) >= 11 is 0. The van der Waals surface area contributed by atoms with Gasteiger partial charge in [0.05, 0.1) is 6.54 Å². The first-order chi connectivity index (χ1) is 8.31. The van der Waals surface area contributed by atoms with Gasteiger partial charge >= 0.3 is 6.09 Å². The van der Waals surface area contributed by atoms with E-state index < -0.39 is 0 Å². The van der Waals surface area contributed by atoms with Crippen molar-refractivity contribution in [3.8, 4) is 0 Å². The van der Waals surface area contributed by atoms with Gasteiger partial charge in [0.15, 0.2) is 0 Å². The second-order valence-electron chi connectivity index (χ2n) is 5.61. The Labute approximate surface area is 104 Å². The molecular weight excluding hydrogens is 214 g/mol. The largest absolute Gasteiger partial charge is 0.441 e. The maximum atomic E-state index is 11.3. The molecule has 2 aliphatic rings. The quantitative estimate of drug-likeness (QED) is 0.698. The van der Waals surface area contributed by atoms with Gasteiger partial charge in [0.25, 0.3) is 0 Å². The molecule has 0 atom stereocenters. The first-order valence-electron chi connectivity index (χ1n) is 7.28. The molecule has 98 valence electrons. The molecule has 0 bridgehead atoms. The highest BCUT2D eigenvalue weighted by molar-refractivity contribution is 5.70. The van der Waals surface area contributed by atoms with Gasteiger partial charge in [0, 0.05) is 0 Å². The number of alkyl carbamates (subject to hydrolysis) is 1. The molecule has 0 aromatic carbocycles. The van der Waals surface area contributed by atoms with E-state index in [-0.39, 0.29) is 11.7 Å². The molecule has 1 spiro atoms. The number of hydrogen-bond acceptors (Lipinski definition) is 2. The highest BCUT2D eigenvalue weighted by Crippen LogP contribution is 2.30. The Hall–Kier alpha value is -0.730. The van der Waals surface area contributed by atoms with E-state index in [1.165, 1.54) is 57.8 Å². The molecule has 1 aliphatic carbocycles. The number of carbonyl (C=O) groups is 1. The van der Waals surface area contributed by atoms with Gasteiger partial charge in [0.1, 0.15) is 5.60 Å². The minimum Gasteiger partial charge on any atom is -0.441 e. The highest BCUT2D eigenvalue weighted by atomic mass is 16.6. The zero-order valence-electron chi connectivity index (χ0n) is 10.8. The Morgan fingerprint density at radius 1 is 0.824 bits per heavy atom. The van der Waals surface area contributed by atoms with Crippen LogP contribution in [0.4, 0.5) is 4.79 Å². The molecule has 0 radical (unpaired) electrons. The minimum atomic E-state index is -0.211. The van der Waals surface area contributed by atoms with E-state index in [0.717, 1.165) is 19.4 Å². The molecule has 17 heavy (non-hydrogen) atoms. The fraction of sp³-hybridized carbons (Fsp3) is 0.929. The van der Waals surface area contributed by atoms with Crippen molar-refractivity contribution in [1.29, 1.82) is 0 Å². The third kappa shape index (κ3) is 3.90. The van der Waals surface area contributed by atoms with Crippen molar-refractivity contribution in [2.24, 2.45) is 0 Å². The molecule has 2 fully saturated rings. The van der Waals surface area contributed by atoms with Crippen LogP contribution in [0.3, 0.4) is 0 Å². The Morgan fingerprint density at radius 2 is 1.29 bits per heavy atom. The molecule has 1 amide bonds. The average molecular weight is 239 g/mol. The van der Waals surface area contributed by atoms with Gasteiger partial charge in [0.2, 0.25) is 0 Å². The van der Waals surface area contributed by atoms with Crippen molar-refractivity contribution in [3.63, 3.8) is 0 Å². The Morgan fingerprint density at radius 3 is 1.71 bits per heavy atom. The van der Waals surface area contributed by atoms with Gasteiger partial charge in [-0.1, -0.05) is 44.9 Å². The fourth-order valence-electron chi connectivity index (χ4n) is 3.04. The first-order valence-corrected chi connectivity index (χ1v) is 7.28. The molecule has 2 rings (SSSR count). The van der Waals surface area contributed by atoms with Gasteiger partial charge in [-0.15, -0.1) is 0 Å². The summed E-state index contributed by atoms with van der Waals surface area (Å²) in [4.78, 5) is 11.3. The highest BCUT2D eigenvalue weighted by Gasteiger charge is 2.38. The van der Waals surface area contributed by atoms with Gasteiger partial charge in [-0.3, -0.25) is 0 Å². The van der Waals surface area contributed by atoms with Crippen molar-refractivity contribution in [1.82, 2.24) is 5.32 Å². The normalized spacial score (nSPS) is 26.7. The molecule has 1 saturated carbocycles. The summed E-state index contributed by atoms with van der Waals surface area (Å²) < 4.78 is 5.54. The average Bonchev–Trinajstić information content (AvgIpc) is 2.66. The number of nitrogens with one attached hydrogen (secondary N) is 1. The predicted molar refractivity (Wildman–Crippen MR) is 68.0 cm³/mol. The molecule has 1 N–H and O–H groups in total. The van der Waals surface area contributed by atoms with Crippen LogP contribution in [0.15, 0.2) is 0 Å². The van der Waals surface area contributed by atoms with Gasteiger partial charge < -0.3 is 10.1 Å². The van der Waals surface area contributed by atoms with Crippen molar-refractivity contribution in [2.75, 3.05) is 6.54 Å². The maximum Gasteiger partial charge on any atom is 0.407 e. The van der Waals surface area contributed by atoms with E-state index in [2.05, 4.69) is 5.32 Å². The van der Waals surface area contributed by atoms with Crippen LogP contribution in [0, 0.1) is 0 Å². The second kappa shape index (κ2) is 6.27. The van der Waals surface area contributed by atoms with Crippen molar-refractivity contribution in [3.05, 3.63) is 0 Å². The number of amides is 1. The van der Waals surface area contributed by atoms with E-state index in [1.54, 1.807) is 0 Å². The van der Waals surface area contributed by atoms with Gasteiger partial charge in [-0.2, -0.15) is 0 Å². The summed E-state index contributed by atoms with van der Waals surface area (Å²) in [6.07, 6.45) is 13.7. The van der Waals surface area contributed by atoms with Crippen LogP contribution in [0.25, 0.3) is 0 Å². The van der Waals surface area contributed by atoms with E-state index in [0.29, 0.717) is 0 Å². The lowest BCUT2D eigenvalue weighted by molar-refractivity contribution is 0.0377. The first kappa shape index (κ1) is 12.7. The maximum absolute atomic E-state index is 11.3. The van der Waals surface area contributed by atoms with Crippen molar-refractivity contribution >= 4 is 6.09 Å². The SMILES string of the molecule is O=C1NCC2(CCCCCCCCCCC2)O1. The van der Waals surface area contributed by atoms with Gasteiger partial charge in [-0.05, 0) is 25.7 Å². The lowest BCUT2D eigenvalue weighted by Gasteiger charge is -2.26. The van der Waals surface area contributed by atoms with E-state index in [9.17, 15) is 4.79 Å². The molecule has 1 saturated heterocycles. The summed E-state index contributed by atoms with van der Waals surface area (Å²) in [5.41, 5.74) is -0.170. The third-order valence-electron chi connectivity index (χ3n) is 4.13. The molecule has 0 unspecified atom stereocenters. The Bertz CT molecular complexity index is 241. The lowest BCUT2D eigenvalue weighted by Crippen LogP contribution is -2.33. The number of hydrogen-bond donors (Lipinski definition) is 1. The Balaban J connectivity index is 1.86. The minimum absolute atomic E-state index is 0.170. The molecule has 3 nitrogen and oxygen atoms in total. The van der Waals surface area contributed by atoms with Crippen LogP contribution in [0.2, 0.25) is 0 Å². The standard InChI is InChI=1S/C14H25NO2/c16-13-15-12-14(17-13)10-8-6-4-2-1-3-5-7-9-11-14/h1-12H2,(H,15,16). The molecular formula is C14H25NO2. The number of carbonyl (C=O) groups excluding carboxylic acids is 1. The zero-order chi connectivity index (χ0) is 12.0. The van der Waals surface area contributed by atoms with E-state index in [1.807, 2.05) is 0 Å². The summed E-state index contributed by atoms with van der Waals surface area (Å²) in [6.45, 7) is 0.728. The van der Waals surface area contributed by atoms with Crippen LogP contribution in [0.1, 0.15) is 70.6 Å². The molecule has 1 heterocycles. The van der Waals surface area contributed by atoms with Crippen LogP contribution >= 0.6 is 0 Å². The third-order valence-corrected chi connectivity index (χ3v) is 4.13. The van der Waals surface area contributed by atoms with Crippen LogP contribution in [0.5, 0.6) is 0 Å². The van der Waals surface area contributed by atoms with Crippen LogP contribution in [-0.2, 0) is 4.74 Å². The zero-order valence-corrected chi connectivity index (χ0v) is 10.8. The van der Waals surface area contributed by atoms with Crippen LogP contribution in [-0.4, -0.2) is 18.2 Å². The fourth-order valence-corrected chi connectivity index (χ4v) is 3.04. The topological polar surface area (TPSA) is 38.3 Å².